The molecule has 2 aromatic carbocycles. The van der Waals surface area contributed by atoms with Gasteiger partial charge in [-0.1, -0.05) is 60.7 Å². The average Bonchev–Trinajstić information content (AvgIpc) is 3.26. The van der Waals surface area contributed by atoms with Crippen LogP contribution in [0.5, 0.6) is 0 Å². The van der Waals surface area contributed by atoms with E-state index < -0.39 is 0 Å². The summed E-state index contributed by atoms with van der Waals surface area (Å²) in [6.45, 7) is 4.33. The average molecular weight is 503 g/mol. The van der Waals surface area contributed by atoms with E-state index in [9.17, 15) is 0 Å². The van der Waals surface area contributed by atoms with E-state index in [4.69, 9.17) is 0 Å². The zero-order chi connectivity index (χ0) is 18.2. The van der Waals surface area contributed by atoms with Gasteiger partial charge in [-0.15, -0.1) is 51.5 Å². The van der Waals surface area contributed by atoms with Gasteiger partial charge in [0.15, 0.2) is 0 Å². The van der Waals surface area contributed by atoms with Crippen LogP contribution >= 0.6 is 24.8 Å². The summed E-state index contributed by atoms with van der Waals surface area (Å²) in [5, 5.41) is 0. The molecule has 2 aromatic rings. The topological polar surface area (TPSA) is 0 Å². The molecule has 0 saturated heterocycles. The van der Waals surface area contributed by atoms with Gasteiger partial charge < -0.3 is 0 Å². The van der Waals surface area contributed by atoms with E-state index in [0.29, 0.717) is 0 Å². The van der Waals surface area contributed by atoms with Gasteiger partial charge in [0.2, 0.25) is 0 Å². The summed E-state index contributed by atoms with van der Waals surface area (Å²) in [7, 11) is 0. The fraction of sp³-hybridized carbons (Fsp3) is 0.231. The van der Waals surface area contributed by atoms with Crippen molar-refractivity contribution in [1.29, 1.82) is 0 Å². The molecule has 0 spiro atoms. The first-order valence-corrected chi connectivity index (χ1v) is 9.34. The number of allylic oxidation sites excluding steroid dienone is 8. The Morgan fingerprint density at radius 2 is 0.966 bits per heavy atom. The Kier molecular flexibility index (Phi) is 14.2. The first kappa shape index (κ1) is 27.9. The van der Waals surface area contributed by atoms with Crippen LogP contribution in [0.15, 0.2) is 95.1 Å². The van der Waals surface area contributed by atoms with Gasteiger partial charge in [0.05, 0.1) is 0 Å². The van der Waals surface area contributed by atoms with Crippen molar-refractivity contribution < 1.29 is 26.2 Å². The van der Waals surface area contributed by atoms with Gasteiger partial charge in [-0.25, -0.2) is 22.3 Å². The molecule has 0 aromatic heterocycles. The second-order valence-electron chi connectivity index (χ2n) is 6.82. The molecule has 0 aliphatic heterocycles. The zero-order valence-corrected chi connectivity index (χ0v) is 21.2. The molecule has 4 rings (SSSR count). The molecular weight excluding hydrogens is 474 g/mol. The Balaban J connectivity index is 0.000000490. The van der Waals surface area contributed by atoms with E-state index in [1.54, 1.807) is 0 Å². The molecule has 0 amide bonds. The standard InChI is InChI=1S/2C13H13.2ClH.Zr/c2*1-11-6-5-9-13(11)10-12-7-3-2-4-8-12;;;/h2*2-4,6-8H,5,10H2,1H3;2*1H;/q2*-1;;;+2. The Bertz CT molecular complexity index is 773. The summed E-state index contributed by atoms with van der Waals surface area (Å²) >= 11 is 0. The van der Waals surface area contributed by atoms with Crippen molar-refractivity contribution in [2.45, 2.75) is 39.5 Å². The van der Waals surface area contributed by atoms with Crippen molar-refractivity contribution in [2.75, 3.05) is 0 Å². The summed E-state index contributed by atoms with van der Waals surface area (Å²) in [6, 6.07) is 21.1. The molecule has 0 fully saturated rings. The van der Waals surface area contributed by atoms with E-state index in [-0.39, 0.29) is 51.0 Å². The first-order valence-electron chi connectivity index (χ1n) is 9.34. The number of rotatable bonds is 4. The van der Waals surface area contributed by atoms with Crippen LogP contribution in [0.4, 0.5) is 0 Å². The van der Waals surface area contributed by atoms with E-state index in [1.165, 1.54) is 33.4 Å². The fourth-order valence-electron chi connectivity index (χ4n) is 3.18. The second-order valence-corrected chi connectivity index (χ2v) is 6.82. The van der Waals surface area contributed by atoms with Gasteiger partial charge in [0.25, 0.3) is 0 Å². The quantitative estimate of drug-likeness (QED) is 0.381. The van der Waals surface area contributed by atoms with E-state index in [1.807, 2.05) is 0 Å². The number of hydrogen-bond donors (Lipinski definition) is 0. The van der Waals surface area contributed by atoms with E-state index >= 15 is 0 Å². The minimum Gasteiger partial charge on any atom is -0.269 e. The molecule has 0 radical (unpaired) electrons. The Hall–Kier alpha value is -1.14. The second kappa shape index (κ2) is 14.8. The van der Waals surface area contributed by atoms with Crippen LogP contribution in [0.25, 0.3) is 0 Å². The van der Waals surface area contributed by atoms with Gasteiger partial charge in [0, 0.05) is 0 Å². The monoisotopic (exact) mass is 500 g/mol. The van der Waals surface area contributed by atoms with E-state index in [2.05, 4.69) is 98.8 Å². The third-order valence-electron chi connectivity index (χ3n) is 4.85. The van der Waals surface area contributed by atoms with Gasteiger partial charge >= 0.3 is 26.2 Å². The SMILES string of the molecule is CC1=CC[C-]=C1Cc1ccccc1.CC1=CC[C-]=C1Cc1ccccc1.Cl.Cl.[Zr+2]. The summed E-state index contributed by atoms with van der Waals surface area (Å²) in [5.74, 6) is 0. The molecule has 0 atom stereocenters. The molecule has 0 unspecified atom stereocenters. The summed E-state index contributed by atoms with van der Waals surface area (Å²) in [5.41, 5.74) is 8.27. The Morgan fingerprint density at radius 1 is 0.621 bits per heavy atom. The number of benzene rings is 2. The number of halogens is 2. The van der Waals surface area contributed by atoms with Crippen molar-refractivity contribution in [3.05, 3.63) is 118 Å². The van der Waals surface area contributed by atoms with Crippen LogP contribution in [-0.4, -0.2) is 0 Å². The van der Waals surface area contributed by atoms with Gasteiger partial charge in [-0.3, -0.25) is 12.2 Å². The van der Waals surface area contributed by atoms with Crippen molar-refractivity contribution in [1.82, 2.24) is 0 Å². The Labute approximate surface area is 207 Å². The van der Waals surface area contributed by atoms with Crippen LogP contribution in [0.2, 0.25) is 0 Å². The largest absolute Gasteiger partial charge is 2.00 e. The van der Waals surface area contributed by atoms with Crippen LogP contribution in [0.3, 0.4) is 0 Å². The molecule has 0 heterocycles. The fourth-order valence-corrected chi connectivity index (χ4v) is 3.18. The Morgan fingerprint density at radius 3 is 1.24 bits per heavy atom. The molecular formula is C26H28Cl2Zr. The van der Waals surface area contributed by atoms with Crippen LogP contribution < -0.4 is 0 Å². The maximum atomic E-state index is 3.38. The molecule has 0 nitrogen and oxygen atoms in total. The van der Waals surface area contributed by atoms with Crippen LogP contribution in [-0.2, 0) is 39.0 Å². The molecule has 29 heavy (non-hydrogen) atoms. The van der Waals surface area contributed by atoms with Crippen LogP contribution in [0.1, 0.15) is 37.8 Å². The van der Waals surface area contributed by atoms with Gasteiger partial charge in [-0.05, 0) is 24.0 Å². The predicted octanol–water partition coefficient (Wildman–Crippen LogP) is 7.46. The summed E-state index contributed by atoms with van der Waals surface area (Å²) in [6.07, 6.45) is 15.3. The molecule has 2 aliphatic rings. The maximum absolute atomic E-state index is 3.38. The van der Waals surface area contributed by atoms with Crippen molar-refractivity contribution in [3.63, 3.8) is 0 Å². The minimum absolute atomic E-state index is 0. The van der Waals surface area contributed by atoms with Crippen molar-refractivity contribution >= 4 is 24.8 Å². The smallest absolute Gasteiger partial charge is 0.269 e. The molecule has 0 bridgehead atoms. The first-order chi connectivity index (χ1) is 12.7. The maximum Gasteiger partial charge on any atom is 2.00 e. The van der Waals surface area contributed by atoms with Crippen LogP contribution in [0, 0.1) is 12.2 Å². The molecule has 150 valence electrons. The predicted molar refractivity (Wildman–Crippen MR) is 125 cm³/mol. The van der Waals surface area contributed by atoms with Crippen molar-refractivity contribution in [3.8, 4) is 0 Å². The normalized spacial score (nSPS) is 13.9. The van der Waals surface area contributed by atoms with Gasteiger partial charge in [0.1, 0.15) is 0 Å². The zero-order valence-electron chi connectivity index (χ0n) is 17.1. The minimum atomic E-state index is 0. The molecule has 0 saturated carbocycles. The third-order valence-corrected chi connectivity index (χ3v) is 4.85. The summed E-state index contributed by atoms with van der Waals surface area (Å²) in [4.78, 5) is 0. The molecule has 3 heteroatoms. The van der Waals surface area contributed by atoms with Crippen molar-refractivity contribution in [2.24, 2.45) is 0 Å². The molecule has 0 N–H and O–H groups in total. The van der Waals surface area contributed by atoms with Gasteiger partial charge in [-0.2, -0.15) is 12.2 Å². The number of hydrogen-bond acceptors (Lipinski definition) is 0. The summed E-state index contributed by atoms with van der Waals surface area (Å²) < 4.78 is 0. The van der Waals surface area contributed by atoms with E-state index in [0.717, 1.165) is 25.7 Å². The molecule has 2 aliphatic carbocycles. The third kappa shape index (κ3) is 9.04.